The fraction of sp³-hybridized carbons (Fsp3) is 0.385. The first kappa shape index (κ1) is 11.0. The molecule has 1 aromatic rings. The van der Waals surface area contributed by atoms with Crippen LogP contribution in [0.1, 0.15) is 11.1 Å². The summed E-state index contributed by atoms with van der Waals surface area (Å²) < 4.78 is 0. The molecule has 0 saturated carbocycles. The smallest absolute Gasteiger partial charge is 0.111 e. The lowest BCUT2D eigenvalue weighted by Gasteiger charge is -2.20. The minimum absolute atomic E-state index is 0.348. The number of rotatable bonds is 3. The molecule has 0 fully saturated rings. The molecule has 1 heterocycles. The topological polar surface area (TPSA) is 27.3 Å². The zero-order valence-electron chi connectivity index (χ0n) is 10.1. The lowest BCUT2D eigenvalue weighted by Crippen LogP contribution is -2.41. The zero-order valence-corrected chi connectivity index (χ0v) is 10.1. The highest BCUT2D eigenvalue weighted by Gasteiger charge is 2.20. The molecular weight excluding hydrogens is 198 g/mol. The maximum absolute atomic E-state index is 3.51. The van der Waals surface area contributed by atoms with E-state index in [1.165, 1.54) is 16.8 Å². The van der Waals surface area contributed by atoms with Gasteiger partial charge in [0.25, 0.3) is 0 Å². The molecule has 0 amide bonds. The Morgan fingerprint density at radius 3 is 2.94 bits per heavy atom. The van der Waals surface area contributed by atoms with Crippen LogP contribution in [0.3, 0.4) is 0 Å². The molecule has 0 saturated heterocycles. The molecule has 1 aromatic carbocycles. The van der Waals surface area contributed by atoms with Crippen LogP contribution >= 0.6 is 0 Å². The van der Waals surface area contributed by atoms with E-state index in [9.17, 15) is 0 Å². The van der Waals surface area contributed by atoms with E-state index < -0.39 is 0 Å². The van der Waals surface area contributed by atoms with E-state index in [0.29, 0.717) is 6.17 Å². The first-order valence-electron chi connectivity index (χ1n) is 5.62. The van der Waals surface area contributed by atoms with Gasteiger partial charge in [-0.05, 0) is 25.6 Å². The molecule has 16 heavy (non-hydrogen) atoms. The van der Waals surface area contributed by atoms with E-state index in [0.717, 1.165) is 6.54 Å². The summed E-state index contributed by atoms with van der Waals surface area (Å²) in [5.41, 5.74) is 3.75. The van der Waals surface area contributed by atoms with Crippen molar-refractivity contribution in [1.82, 2.24) is 15.5 Å². The summed E-state index contributed by atoms with van der Waals surface area (Å²) in [6.07, 6.45) is 2.51. The summed E-state index contributed by atoms with van der Waals surface area (Å²) in [6, 6.07) is 8.56. The maximum atomic E-state index is 3.51. The molecular formula is C13H19N3. The first-order chi connectivity index (χ1) is 7.70. The largest absolute Gasteiger partial charge is 0.363 e. The Morgan fingerprint density at radius 2 is 2.25 bits per heavy atom. The van der Waals surface area contributed by atoms with Gasteiger partial charge in [0.05, 0.1) is 5.70 Å². The molecule has 0 spiro atoms. The third-order valence-electron chi connectivity index (χ3n) is 2.87. The van der Waals surface area contributed by atoms with Crippen molar-refractivity contribution in [3.63, 3.8) is 0 Å². The average Bonchev–Trinajstić information content (AvgIpc) is 2.61. The highest BCUT2D eigenvalue weighted by molar-refractivity contribution is 5.66. The quantitative estimate of drug-likeness (QED) is 0.801. The SMILES string of the molecule is CNCC1NC(c2cccc(C)c2)=CN1C. The van der Waals surface area contributed by atoms with Crippen LogP contribution in [0.25, 0.3) is 5.70 Å². The van der Waals surface area contributed by atoms with Crippen molar-refractivity contribution < 1.29 is 0 Å². The first-order valence-corrected chi connectivity index (χ1v) is 5.62. The molecule has 3 nitrogen and oxygen atoms in total. The number of nitrogens with one attached hydrogen (secondary N) is 2. The van der Waals surface area contributed by atoms with Gasteiger partial charge in [-0.15, -0.1) is 0 Å². The van der Waals surface area contributed by atoms with Crippen LogP contribution in [-0.4, -0.2) is 31.7 Å². The van der Waals surface area contributed by atoms with Gasteiger partial charge in [0.15, 0.2) is 0 Å². The van der Waals surface area contributed by atoms with Crippen LogP contribution in [-0.2, 0) is 0 Å². The van der Waals surface area contributed by atoms with Crippen LogP contribution in [0.4, 0.5) is 0 Å². The summed E-state index contributed by atoms with van der Waals surface area (Å²) >= 11 is 0. The summed E-state index contributed by atoms with van der Waals surface area (Å²) in [5.74, 6) is 0. The van der Waals surface area contributed by atoms with Gasteiger partial charge in [0.1, 0.15) is 6.17 Å². The highest BCUT2D eigenvalue weighted by Crippen LogP contribution is 2.19. The molecule has 0 aromatic heterocycles. The van der Waals surface area contributed by atoms with E-state index >= 15 is 0 Å². The second kappa shape index (κ2) is 4.58. The van der Waals surface area contributed by atoms with E-state index in [1.54, 1.807) is 0 Å². The normalized spacial score (nSPS) is 19.6. The van der Waals surface area contributed by atoms with Gasteiger partial charge in [-0.2, -0.15) is 0 Å². The minimum atomic E-state index is 0.348. The van der Waals surface area contributed by atoms with E-state index in [-0.39, 0.29) is 0 Å². The Hall–Kier alpha value is -1.48. The van der Waals surface area contributed by atoms with Gasteiger partial charge in [-0.3, -0.25) is 0 Å². The van der Waals surface area contributed by atoms with E-state index in [2.05, 4.69) is 60.0 Å². The molecule has 86 valence electrons. The van der Waals surface area contributed by atoms with Crippen molar-refractivity contribution in [3.8, 4) is 0 Å². The fourth-order valence-electron chi connectivity index (χ4n) is 1.97. The summed E-state index contributed by atoms with van der Waals surface area (Å²) in [4.78, 5) is 2.20. The summed E-state index contributed by atoms with van der Waals surface area (Å²) in [5, 5.41) is 6.70. The number of hydrogen-bond acceptors (Lipinski definition) is 3. The van der Waals surface area contributed by atoms with Gasteiger partial charge in [0, 0.05) is 19.8 Å². The van der Waals surface area contributed by atoms with Crippen LogP contribution in [0, 0.1) is 6.92 Å². The Kier molecular flexibility index (Phi) is 3.15. The van der Waals surface area contributed by atoms with E-state index in [4.69, 9.17) is 0 Å². The van der Waals surface area contributed by atoms with Gasteiger partial charge < -0.3 is 15.5 Å². The number of aryl methyl sites for hydroxylation is 1. The van der Waals surface area contributed by atoms with Gasteiger partial charge in [0.2, 0.25) is 0 Å². The molecule has 3 heteroatoms. The molecule has 1 aliphatic heterocycles. The predicted molar refractivity (Wildman–Crippen MR) is 67.8 cm³/mol. The Balaban J connectivity index is 2.15. The van der Waals surface area contributed by atoms with Crippen LogP contribution < -0.4 is 10.6 Å². The summed E-state index contributed by atoms with van der Waals surface area (Å²) in [7, 11) is 4.07. The minimum Gasteiger partial charge on any atom is -0.363 e. The maximum Gasteiger partial charge on any atom is 0.111 e. The van der Waals surface area contributed by atoms with Crippen LogP contribution in [0.5, 0.6) is 0 Å². The third-order valence-corrected chi connectivity index (χ3v) is 2.87. The lowest BCUT2D eigenvalue weighted by molar-refractivity contribution is 0.325. The fourth-order valence-corrected chi connectivity index (χ4v) is 1.97. The molecule has 0 aliphatic carbocycles. The lowest BCUT2D eigenvalue weighted by atomic mass is 10.1. The molecule has 2 N–H and O–H groups in total. The number of likely N-dealkylation sites (N-methyl/N-ethyl adjacent to an activating group) is 2. The summed E-state index contributed by atoms with van der Waals surface area (Å²) in [6.45, 7) is 3.05. The Labute approximate surface area is 97.2 Å². The van der Waals surface area contributed by atoms with E-state index in [1.807, 2.05) is 7.05 Å². The average molecular weight is 217 g/mol. The Morgan fingerprint density at radius 1 is 1.44 bits per heavy atom. The van der Waals surface area contributed by atoms with Crippen molar-refractivity contribution in [3.05, 3.63) is 41.6 Å². The van der Waals surface area contributed by atoms with Crippen molar-refractivity contribution in [1.29, 1.82) is 0 Å². The highest BCUT2D eigenvalue weighted by atomic mass is 15.3. The standard InChI is InChI=1S/C13H19N3/c1-10-5-4-6-11(7-10)12-9-16(3)13(15-12)8-14-2/h4-7,9,13-15H,8H2,1-3H3. The number of benzene rings is 1. The third kappa shape index (κ3) is 2.19. The molecule has 1 aliphatic rings. The van der Waals surface area contributed by atoms with Gasteiger partial charge >= 0.3 is 0 Å². The van der Waals surface area contributed by atoms with Gasteiger partial charge in [-0.1, -0.05) is 23.8 Å². The number of hydrogen-bond donors (Lipinski definition) is 2. The molecule has 0 bridgehead atoms. The van der Waals surface area contributed by atoms with Crippen molar-refractivity contribution >= 4 is 5.70 Å². The van der Waals surface area contributed by atoms with Crippen molar-refractivity contribution in [2.75, 3.05) is 20.6 Å². The molecule has 1 unspecified atom stereocenters. The van der Waals surface area contributed by atoms with Gasteiger partial charge in [-0.25, -0.2) is 0 Å². The van der Waals surface area contributed by atoms with Crippen molar-refractivity contribution in [2.24, 2.45) is 0 Å². The molecule has 2 rings (SSSR count). The monoisotopic (exact) mass is 217 g/mol. The van der Waals surface area contributed by atoms with Crippen LogP contribution in [0.2, 0.25) is 0 Å². The van der Waals surface area contributed by atoms with Crippen molar-refractivity contribution in [2.45, 2.75) is 13.1 Å². The predicted octanol–water partition coefficient (Wildman–Crippen LogP) is 1.37. The second-order valence-electron chi connectivity index (χ2n) is 4.30. The zero-order chi connectivity index (χ0) is 11.5. The number of nitrogens with zero attached hydrogens (tertiary/aromatic N) is 1. The molecule has 0 radical (unpaired) electrons. The Bertz CT molecular complexity index is 398. The van der Waals surface area contributed by atoms with Crippen LogP contribution in [0.15, 0.2) is 30.5 Å². The molecule has 1 atom stereocenters. The second-order valence-corrected chi connectivity index (χ2v) is 4.30.